The summed E-state index contributed by atoms with van der Waals surface area (Å²) in [4.78, 5) is 14.0. The fraction of sp³-hybridized carbons (Fsp3) is 0.263. The average Bonchev–Trinajstić information content (AvgIpc) is 3.09. The average molecular weight is 321 g/mol. The molecule has 24 heavy (non-hydrogen) atoms. The SMILES string of the molecule is COc1ccccc1-c1ccc(C(=O)N[C@@H]2CCN(C#N)C2)cc1. The van der Waals surface area contributed by atoms with Gasteiger partial charge in [0.05, 0.1) is 7.11 Å². The number of nitrogens with one attached hydrogen (secondary N) is 1. The first-order chi connectivity index (χ1) is 11.7. The monoisotopic (exact) mass is 321 g/mol. The Morgan fingerprint density at radius 3 is 2.67 bits per heavy atom. The van der Waals surface area contributed by atoms with Crippen LogP contribution in [0.2, 0.25) is 0 Å². The number of hydrogen-bond acceptors (Lipinski definition) is 4. The predicted octanol–water partition coefficient (Wildman–Crippen LogP) is 2.65. The summed E-state index contributed by atoms with van der Waals surface area (Å²) >= 11 is 0. The summed E-state index contributed by atoms with van der Waals surface area (Å²) in [6.07, 6.45) is 2.92. The molecule has 3 rings (SSSR count). The van der Waals surface area contributed by atoms with E-state index in [1.54, 1.807) is 12.0 Å². The maximum absolute atomic E-state index is 12.3. The predicted molar refractivity (Wildman–Crippen MR) is 91.5 cm³/mol. The third-order valence-corrected chi connectivity index (χ3v) is 4.23. The van der Waals surface area contributed by atoms with Crippen molar-refractivity contribution in [3.05, 3.63) is 54.1 Å². The number of hydrogen-bond donors (Lipinski definition) is 1. The van der Waals surface area contributed by atoms with Crippen molar-refractivity contribution in [2.45, 2.75) is 12.5 Å². The third-order valence-electron chi connectivity index (χ3n) is 4.23. The summed E-state index contributed by atoms with van der Waals surface area (Å²) in [5.74, 6) is 0.698. The van der Waals surface area contributed by atoms with Crippen LogP contribution in [0.4, 0.5) is 0 Å². The Balaban J connectivity index is 1.70. The minimum Gasteiger partial charge on any atom is -0.496 e. The van der Waals surface area contributed by atoms with Crippen LogP contribution in [0.15, 0.2) is 48.5 Å². The van der Waals surface area contributed by atoms with Crippen molar-refractivity contribution in [3.63, 3.8) is 0 Å². The first-order valence-electron chi connectivity index (χ1n) is 7.90. The van der Waals surface area contributed by atoms with E-state index < -0.39 is 0 Å². The molecule has 1 N–H and O–H groups in total. The Morgan fingerprint density at radius 2 is 2.00 bits per heavy atom. The molecule has 0 aliphatic carbocycles. The fourth-order valence-electron chi connectivity index (χ4n) is 2.92. The number of rotatable bonds is 4. The van der Waals surface area contributed by atoms with Gasteiger partial charge in [-0.25, -0.2) is 0 Å². The van der Waals surface area contributed by atoms with Crippen LogP contribution in [-0.4, -0.2) is 37.0 Å². The molecule has 0 radical (unpaired) electrons. The van der Waals surface area contributed by atoms with Crippen LogP contribution >= 0.6 is 0 Å². The number of ether oxygens (including phenoxy) is 1. The highest BCUT2D eigenvalue weighted by atomic mass is 16.5. The molecule has 0 aromatic heterocycles. The zero-order valence-electron chi connectivity index (χ0n) is 13.5. The maximum Gasteiger partial charge on any atom is 0.251 e. The zero-order chi connectivity index (χ0) is 16.9. The topological polar surface area (TPSA) is 65.4 Å². The minimum absolute atomic E-state index is 0.0334. The Labute approximate surface area is 141 Å². The molecule has 1 aliphatic heterocycles. The smallest absolute Gasteiger partial charge is 0.251 e. The summed E-state index contributed by atoms with van der Waals surface area (Å²) in [5, 5.41) is 11.9. The summed E-state index contributed by atoms with van der Waals surface area (Å²) in [5.41, 5.74) is 2.61. The molecule has 1 atom stereocenters. The first kappa shape index (κ1) is 15.9. The van der Waals surface area contributed by atoms with Crippen LogP contribution in [0, 0.1) is 11.5 Å². The molecule has 5 nitrogen and oxygen atoms in total. The van der Waals surface area contributed by atoms with Gasteiger partial charge in [0.25, 0.3) is 5.91 Å². The van der Waals surface area contributed by atoms with Gasteiger partial charge in [-0.05, 0) is 30.2 Å². The quantitative estimate of drug-likeness (QED) is 0.879. The van der Waals surface area contributed by atoms with Gasteiger partial charge in [0.2, 0.25) is 0 Å². The second kappa shape index (κ2) is 7.05. The Bertz CT molecular complexity index is 765. The van der Waals surface area contributed by atoms with E-state index in [4.69, 9.17) is 10.00 Å². The van der Waals surface area contributed by atoms with Crippen LogP contribution in [0.3, 0.4) is 0 Å². The number of likely N-dealkylation sites (tertiary alicyclic amines) is 1. The molecule has 5 heteroatoms. The molecule has 0 unspecified atom stereocenters. The highest BCUT2D eigenvalue weighted by molar-refractivity contribution is 5.95. The molecular formula is C19H19N3O2. The Morgan fingerprint density at radius 1 is 1.25 bits per heavy atom. The number of nitriles is 1. The molecule has 1 aliphatic rings. The number of benzene rings is 2. The van der Waals surface area contributed by atoms with Gasteiger partial charge in [-0.3, -0.25) is 4.79 Å². The molecule has 122 valence electrons. The van der Waals surface area contributed by atoms with Crippen molar-refractivity contribution in [2.24, 2.45) is 0 Å². The van der Waals surface area contributed by atoms with E-state index >= 15 is 0 Å². The highest BCUT2D eigenvalue weighted by Gasteiger charge is 2.23. The third kappa shape index (κ3) is 3.33. The number of amides is 1. The van der Waals surface area contributed by atoms with Gasteiger partial charge >= 0.3 is 0 Å². The van der Waals surface area contributed by atoms with Crippen molar-refractivity contribution in [3.8, 4) is 23.1 Å². The van der Waals surface area contributed by atoms with Gasteiger partial charge in [-0.15, -0.1) is 0 Å². The van der Waals surface area contributed by atoms with Gasteiger partial charge in [-0.2, -0.15) is 5.26 Å². The largest absolute Gasteiger partial charge is 0.496 e. The summed E-state index contributed by atoms with van der Waals surface area (Å²) in [7, 11) is 1.65. The Kier molecular flexibility index (Phi) is 4.66. The van der Waals surface area contributed by atoms with E-state index in [0.29, 0.717) is 18.7 Å². The second-order valence-corrected chi connectivity index (χ2v) is 5.78. The molecule has 1 saturated heterocycles. The van der Waals surface area contributed by atoms with E-state index in [0.717, 1.165) is 23.3 Å². The van der Waals surface area contributed by atoms with Gasteiger partial charge in [0.1, 0.15) is 5.75 Å². The minimum atomic E-state index is -0.105. The van der Waals surface area contributed by atoms with Gasteiger partial charge in [-0.1, -0.05) is 30.3 Å². The van der Waals surface area contributed by atoms with Crippen molar-refractivity contribution >= 4 is 5.91 Å². The van der Waals surface area contributed by atoms with E-state index in [2.05, 4.69) is 11.5 Å². The highest BCUT2D eigenvalue weighted by Crippen LogP contribution is 2.29. The van der Waals surface area contributed by atoms with E-state index in [1.807, 2.05) is 48.5 Å². The number of carbonyl (C=O) groups is 1. The van der Waals surface area contributed by atoms with E-state index in [1.165, 1.54) is 0 Å². The van der Waals surface area contributed by atoms with Crippen LogP contribution in [-0.2, 0) is 0 Å². The Hall–Kier alpha value is -3.00. The number of methoxy groups -OCH3 is 1. The maximum atomic E-state index is 12.3. The molecule has 1 fully saturated rings. The van der Waals surface area contributed by atoms with Crippen LogP contribution < -0.4 is 10.1 Å². The standard InChI is InChI=1S/C19H19N3O2/c1-24-18-5-3-2-4-17(18)14-6-8-15(9-7-14)19(23)21-16-10-11-22(12-16)13-20/h2-9,16H,10-12H2,1H3,(H,21,23)/t16-/m1/s1. The lowest BCUT2D eigenvalue weighted by Gasteiger charge is -2.13. The number of para-hydroxylation sites is 1. The van der Waals surface area contributed by atoms with Gasteiger partial charge in [0.15, 0.2) is 6.19 Å². The summed E-state index contributed by atoms with van der Waals surface area (Å²) in [6, 6.07) is 15.3. The van der Waals surface area contributed by atoms with Crippen molar-refractivity contribution in [1.29, 1.82) is 5.26 Å². The molecule has 1 heterocycles. The van der Waals surface area contributed by atoms with Crippen molar-refractivity contribution in [2.75, 3.05) is 20.2 Å². The molecule has 0 spiro atoms. The van der Waals surface area contributed by atoms with Gasteiger partial charge in [0, 0.05) is 30.3 Å². The molecule has 1 amide bonds. The van der Waals surface area contributed by atoms with Crippen LogP contribution in [0.5, 0.6) is 5.75 Å². The number of carbonyl (C=O) groups excluding carboxylic acids is 1. The lowest BCUT2D eigenvalue weighted by atomic mass is 10.0. The number of nitrogens with zero attached hydrogens (tertiary/aromatic N) is 2. The van der Waals surface area contributed by atoms with Crippen molar-refractivity contribution < 1.29 is 9.53 Å². The first-order valence-corrected chi connectivity index (χ1v) is 7.90. The van der Waals surface area contributed by atoms with Crippen molar-refractivity contribution in [1.82, 2.24) is 10.2 Å². The fourth-order valence-corrected chi connectivity index (χ4v) is 2.92. The van der Waals surface area contributed by atoms with E-state index in [-0.39, 0.29) is 11.9 Å². The summed E-state index contributed by atoms with van der Waals surface area (Å²) < 4.78 is 5.38. The van der Waals surface area contributed by atoms with Crippen LogP contribution in [0.25, 0.3) is 11.1 Å². The normalized spacial score (nSPS) is 16.5. The van der Waals surface area contributed by atoms with Gasteiger partial charge < -0.3 is 15.0 Å². The van der Waals surface area contributed by atoms with Crippen LogP contribution in [0.1, 0.15) is 16.8 Å². The molecule has 0 saturated carbocycles. The molecule has 0 bridgehead atoms. The molecule has 2 aromatic carbocycles. The summed E-state index contributed by atoms with van der Waals surface area (Å²) in [6.45, 7) is 1.29. The zero-order valence-corrected chi connectivity index (χ0v) is 13.5. The lowest BCUT2D eigenvalue weighted by molar-refractivity contribution is 0.0939. The second-order valence-electron chi connectivity index (χ2n) is 5.78. The molecule has 2 aromatic rings. The van der Waals surface area contributed by atoms with E-state index in [9.17, 15) is 4.79 Å². The molecular weight excluding hydrogens is 302 g/mol. The lowest BCUT2D eigenvalue weighted by Crippen LogP contribution is -2.36.